The summed E-state index contributed by atoms with van der Waals surface area (Å²) in [5.41, 5.74) is 22.0. The molecular formula is C48H78F2N8O3. The third kappa shape index (κ3) is 14.5. The maximum atomic E-state index is 14.6. The molecule has 2 aliphatic rings. The molecule has 2 aromatic carbocycles. The molecule has 1 fully saturated rings. The number of unbranched alkanes of at least 4 members (excludes halogenated alkanes) is 1. The van der Waals surface area contributed by atoms with Crippen molar-refractivity contribution in [1.29, 1.82) is 0 Å². The van der Waals surface area contributed by atoms with Crippen LogP contribution in [0.3, 0.4) is 0 Å². The van der Waals surface area contributed by atoms with Crippen LogP contribution in [0, 0.1) is 5.92 Å². The molecule has 11 nitrogen and oxygen atoms in total. The fourth-order valence-electron chi connectivity index (χ4n) is 9.37. The number of rotatable bonds is 28. The highest BCUT2D eigenvalue weighted by Crippen LogP contribution is 2.38. The van der Waals surface area contributed by atoms with Crippen molar-refractivity contribution in [3.8, 4) is 0 Å². The first-order chi connectivity index (χ1) is 29.6. The number of nitrogens with one attached hydrogen (secondary N) is 4. The summed E-state index contributed by atoms with van der Waals surface area (Å²) in [7, 11) is 7.25. The van der Waals surface area contributed by atoms with Gasteiger partial charge < -0.3 is 52.0 Å². The topological polar surface area (TPSA) is 142 Å². The van der Waals surface area contributed by atoms with Crippen LogP contribution >= 0.6 is 0 Å². The van der Waals surface area contributed by atoms with Gasteiger partial charge in [-0.15, -0.1) is 0 Å². The van der Waals surface area contributed by atoms with Crippen LogP contribution in [0.5, 0.6) is 0 Å². The average molecular weight is 853 g/mol. The van der Waals surface area contributed by atoms with Crippen molar-refractivity contribution in [2.24, 2.45) is 17.4 Å². The quantitative estimate of drug-likeness (QED) is 0.0395. The normalized spacial score (nSPS) is 17.2. The van der Waals surface area contributed by atoms with E-state index in [0.717, 1.165) is 106 Å². The summed E-state index contributed by atoms with van der Waals surface area (Å²) in [5.74, 6) is 0.732. The van der Waals surface area contributed by atoms with Gasteiger partial charge in [0.2, 0.25) is 6.41 Å². The summed E-state index contributed by atoms with van der Waals surface area (Å²) in [6.45, 7) is 10.3. The molecule has 2 aliphatic heterocycles. The molecule has 0 radical (unpaired) electrons. The number of alkyl halides is 2. The van der Waals surface area contributed by atoms with Gasteiger partial charge in [0.1, 0.15) is 6.17 Å². The Kier molecular flexibility index (Phi) is 22.0. The van der Waals surface area contributed by atoms with Crippen LogP contribution in [0.15, 0.2) is 47.8 Å². The standard InChI is InChI=1S/C48H78F2N8O3/c1-7-40(48(52)58-25-11-13-37-28-42(38(30-51)31-54-4)43(47(49)50)29-46(37)58)45(19-23-55-33-59)56-39(18-22-53-3)14-8-9-24-57-26-20-35(21-27-57)16-17-36-12-10-15-41(34(2)61-6)44(36)32-60-5/h10,12,15,28-29,31,33-35,39,47-48,53-54,56H,7-9,11,13-14,16-27,30,32,51-52H2,1-6H3,(H,55,59)/b38-31+,45-40-. The number of methoxy groups -OCH3 is 2. The van der Waals surface area contributed by atoms with Crippen molar-refractivity contribution >= 4 is 17.7 Å². The Morgan fingerprint density at radius 2 is 1.84 bits per heavy atom. The Bertz CT molecular complexity index is 1680. The van der Waals surface area contributed by atoms with E-state index in [1.165, 1.54) is 36.0 Å². The lowest BCUT2D eigenvalue weighted by molar-refractivity contribution is -0.109. The van der Waals surface area contributed by atoms with Crippen LogP contribution in [-0.2, 0) is 33.7 Å². The molecule has 13 heteroatoms. The zero-order valence-electron chi connectivity index (χ0n) is 38.1. The minimum absolute atomic E-state index is 0.0384. The number of fused-ring (bicyclic) bond motifs is 1. The number of hydrogen-bond acceptors (Lipinski definition) is 10. The second-order valence-electron chi connectivity index (χ2n) is 16.8. The number of anilines is 1. The zero-order valence-corrected chi connectivity index (χ0v) is 38.1. The van der Waals surface area contributed by atoms with Gasteiger partial charge in [0.05, 0.1) is 12.7 Å². The SMILES string of the molecule is CC/C(=C(\CCNC=O)NC(CCCCN1CCC(CCc2cccc(C(C)OC)c2COC)CC1)CCNC)C(N)N1CCCc2cc(/C(=C/NC)CN)c(C(F)F)cc21. The molecule has 3 atom stereocenters. The number of benzene rings is 2. The Hall–Kier alpha value is -3.59. The average Bonchev–Trinajstić information content (AvgIpc) is 3.27. The maximum Gasteiger partial charge on any atom is 0.264 e. The van der Waals surface area contributed by atoms with Gasteiger partial charge in [0.25, 0.3) is 6.43 Å². The maximum absolute atomic E-state index is 14.6. The van der Waals surface area contributed by atoms with E-state index in [1.807, 2.05) is 13.1 Å². The summed E-state index contributed by atoms with van der Waals surface area (Å²) in [5, 5.41) is 13.0. The molecule has 2 aromatic rings. The summed E-state index contributed by atoms with van der Waals surface area (Å²) < 4.78 is 40.5. The first-order valence-corrected chi connectivity index (χ1v) is 22.8. The molecule has 1 amide bonds. The smallest absolute Gasteiger partial charge is 0.264 e. The summed E-state index contributed by atoms with van der Waals surface area (Å²) in [6.07, 6.45) is 11.1. The zero-order chi connectivity index (χ0) is 44.1. The third-order valence-electron chi connectivity index (χ3n) is 12.9. The number of carbonyl (C=O) groups is 1. The van der Waals surface area contributed by atoms with E-state index >= 15 is 0 Å². The van der Waals surface area contributed by atoms with E-state index in [9.17, 15) is 13.6 Å². The van der Waals surface area contributed by atoms with E-state index in [4.69, 9.17) is 20.9 Å². The number of ether oxygens (including phenoxy) is 2. The third-order valence-corrected chi connectivity index (χ3v) is 12.9. The van der Waals surface area contributed by atoms with Crippen molar-refractivity contribution in [2.75, 3.05) is 79.0 Å². The van der Waals surface area contributed by atoms with Crippen molar-refractivity contribution in [3.05, 3.63) is 81.2 Å². The highest BCUT2D eigenvalue weighted by molar-refractivity contribution is 5.74. The van der Waals surface area contributed by atoms with Gasteiger partial charge in [-0.2, -0.15) is 0 Å². The number of halogens is 2. The van der Waals surface area contributed by atoms with Crippen LogP contribution in [0.25, 0.3) is 5.57 Å². The molecule has 0 aliphatic carbocycles. The number of piperidine rings is 1. The van der Waals surface area contributed by atoms with Crippen LogP contribution in [0.4, 0.5) is 14.5 Å². The predicted octanol–water partition coefficient (Wildman–Crippen LogP) is 6.92. The van der Waals surface area contributed by atoms with E-state index in [2.05, 4.69) is 63.1 Å². The summed E-state index contributed by atoms with van der Waals surface area (Å²) in [4.78, 5) is 16.1. The van der Waals surface area contributed by atoms with Gasteiger partial charge in [-0.25, -0.2) is 8.78 Å². The summed E-state index contributed by atoms with van der Waals surface area (Å²) >= 11 is 0. The van der Waals surface area contributed by atoms with Crippen LogP contribution in [0.2, 0.25) is 0 Å². The number of likely N-dealkylation sites (tertiary alicyclic amines) is 1. The molecule has 61 heavy (non-hydrogen) atoms. The van der Waals surface area contributed by atoms with Crippen molar-refractivity contribution < 1.29 is 23.0 Å². The molecule has 2 heterocycles. The van der Waals surface area contributed by atoms with Crippen LogP contribution in [0.1, 0.15) is 124 Å². The largest absolute Gasteiger partial charge is 0.394 e. The van der Waals surface area contributed by atoms with E-state index < -0.39 is 12.6 Å². The number of hydrogen-bond donors (Lipinski definition) is 6. The van der Waals surface area contributed by atoms with E-state index in [-0.39, 0.29) is 24.3 Å². The molecular weight excluding hydrogens is 775 g/mol. The Labute approximate surface area is 365 Å². The van der Waals surface area contributed by atoms with Crippen molar-refractivity contribution in [3.63, 3.8) is 0 Å². The number of aryl methyl sites for hydroxylation is 2. The fourth-order valence-corrected chi connectivity index (χ4v) is 9.37. The number of carbonyl (C=O) groups excluding carboxylic acids is 1. The van der Waals surface area contributed by atoms with Gasteiger partial charge in [-0.1, -0.05) is 31.5 Å². The second kappa shape index (κ2) is 26.8. The van der Waals surface area contributed by atoms with Gasteiger partial charge in [-0.3, -0.25) is 4.79 Å². The van der Waals surface area contributed by atoms with Gasteiger partial charge in [0.15, 0.2) is 0 Å². The van der Waals surface area contributed by atoms with Gasteiger partial charge >= 0.3 is 0 Å². The van der Waals surface area contributed by atoms with Crippen LogP contribution < -0.4 is 37.6 Å². The van der Waals surface area contributed by atoms with Crippen LogP contribution in [-0.4, -0.2) is 97.6 Å². The molecule has 342 valence electrons. The molecule has 0 spiro atoms. The minimum atomic E-state index is -2.67. The lowest BCUT2D eigenvalue weighted by Gasteiger charge is -2.39. The fraction of sp³-hybridized carbons (Fsp3) is 0.646. The predicted molar refractivity (Wildman–Crippen MR) is 247 cm³/mol. The van der Waals surface area contributed by atoms with Crippen molar-refractivity contribution in [1.82, 2.24) is 26.2 Å². The molecule has 4 rings (SSSR count). The minimum Gasteiger partial charge on any atom is -0.394 e. The van der Waals surface area contributed by atoms with Gasteiger partial charge in [0, 0.05) is 76.5 Å². The van der Waals surface area contributed by atoms with E-state index in [1.54, 1.807) is 33.5 Å². The molecule has 1 saturated heterocycles. The molecule has 0 bridgehead atoms. The lowest BCUT2D eigenvalue weighted by atomic mass is 9.88. The Morgan fingerprint density at radius 3 is 2.49 bits per heavy atom. The summed E-state index contributed by atoms with van der Waals surface area (Å²) in [6, 6.07) is 10.3. The first-order valence-electron chi connectivity index (χ1n) is 22.8. The Morgan fingerprint density at radius 1 is 1.05 bits per heavy atom. The Balaban J connectivity index is 1.40. The van der Waals surface area contributed by atoms with Gasteiger partial charge in [-0.05, 0) is 161 Å². The number of amides is 1. The highest BCUT2D eigenvalue weighted by Gasteiger charge is 2.29. The monoisotopic (exact) mass is 853 g/mol. The number of nitrogens with two attached hydrogens (primary N) is 2. The second-order valence-corrected chi connectivity index (χ2v) is 16.8. The highest BCUT2D eigenvalue weighted by atomic mass is 19.3. The first kappa shape index (κ1) is 50.1. The lowest BCUT2D eigenvalue weighted by Crippen LogP contribution is -2.48. The molecule has 8 N–H and O–H groups in total. The molecule has 0 aromatic heterocycles. The van der Waals surface area contributed by atoms with E-state index in [0.29, 0.717) is 43.7 Å². The van der Waals surface area contributed by atoms with Crippen molar-refractivity contribution in [2.45, 2.75) is 122 Å². The molecule has 3 unspecified atom stereocenters. The number of nitrogens with zero attached hydrogens (tertiary/aromatic N) is 2. The molecule has 0 saturated carbocycles.